The highest BCUT2D eigenvalue weighted by Crippen LogP contribution is 2.27. The van der Waals surface area contributed by atoms with E-state index in [1.807, 2.05) is 24.3 Å². The zero-order valence-electron chi connectivity index (χ0n) is 11.1. The van der Waals surface area contributed by atoms with E-state index in [0.29, 0.717) is 5.69 Å². The second kappa shape index (κ2) is 4.80. The normalized spacial score (nSPS) is 13.2. The summed E-state index contributed by atoms with van der Waals surface area (Å²) in [7, 11) is 1.57. The first-order chi connectivity index (χ1) is 9.67. The summed E-state index contributed by atoms with van der Waals surface area (Å²) in [5.41, 5.74) is 9.34. The summed E-state index contributed by atoms with van der Waals surface area (Å²) < 4.78 is 0. The van der Waals surface area contributed by atoms with Crippen LogP contribution in [0.5, 0.6) is 0 Å². The first-order valence-corrected chi connectivity index (χ1v) is 6.35. The molecule has 3 rings (SSSR count). The summed E-state index contributed by atoms with van der Waals surface area (Å²) in [6.07, 6.45) is 0. The molecule has 2 aromatic rings. The van der Waals surface area contributed by atoms with Crippen molar-refractivity contribution in [1.29, 1.82) is 0 Å². The molecule has 102 valence electrons. The molecular weight excluding hydrogens is 254 g/mol. The van der Waals surface area contributed by atoms with Crippen molar-refractivity contribution in [3.05, 3.63) is 47.2 Å². The predicted octanol–water partition coefficient (Wildman–Crippen LogP) is 0.939. The summed E-state index contributed by atoms with van der Waals surface area (Å²) in [5.74, 6) is 0.522. The smallest absolute Gasteiger partial charge is 0.271 e. The molecule has 6 heteroatoms. The van der Waals surface area contributed by atoms with Gasteiger partial charge in [-0.3, -0.25) is 4.79 Å². The van der Waals surface area contributed by atoms with Crippen LogP contribution in [-0.4, -0.2) is 23.2 Å². The minimum Gasteiger partial charge on any atom is -0.399 e. The quantitative estimate of drug-likeness (QED) is 0.793. The molecule has 0 radical (unpaired) electrons. The standard InChI is InChI=1S/C14H15N5O/c1-16-14(20)12-4-5-13(18-17-12)19-7-9-2-3-11(15)6-10(9)8-19/h2-6H,7-8,15H2,1H3,(H,16,20). The number of nitrogen functional groups attached to an aromatic ring is 1. The van der Waals surface area contributed by atoms with Crippen molar-refractivity contribution < 1.29 is 4.79 Å². The van der Waals surface area contributed by atoms with Crippen LogP contribution in [0.25, 0.3) is 0 Å². The monoisotopic (exact) mass is 269 g/mol. The van der Waals surface area contributed by atoms with Gasteiger partial charge in [0.25, 0.3) is 5.91 Å². The van der Waals surface area contributed by atoms with Gasteiger partial charge in [0.1, 0.15) is 0 Å². The molecule has 1 aliphatic heterocycles. The fourth-order valence-corrected chi connectivity index (χ4v) is 2.32. The Hall–Kier alpha value is -2.63. The molecule has 0 spiro atoms. The largest absolute Gasteiger partial charge is 0.399 e. The van der Waals surface area contributed by atoms with Crippen LogP contribution in [0.1, 0.15) is 21.6 Å². The van der Waals surface area contributed by atoms with Crippen LogP contribution in [0, 0.1) is 0 Å². The van der Waals surface area contributed by atoms with Crippen molar-refractivity contribution in [1.82, 2.24) is 15.5 Å². The Morgan fingerprint density at radius 1 is 1.20 bits per heavy atom. The van der Waals surface area contributed by atoms with Crippen LogP contribution in [0.3, 0.4) is 0 Å². The molecule has 1 aromatic carbocycles. The van der Waals surface area contributed by atoms with Gasteiger partial charge in [-0.1, -0.05) is 6.07 Å². The third kappa shape index (κ3) is 2.16. The Labute approximate surface area is 116 Å². The van der Waals surface area contributed by atoms with Crippen molar-refractivity contribution in [3.8, 4) is 0 Å². The molecule has 0 aliphatic carbocycles. The molecular formula is C14H15N5O. The number of rotatable bonds is 2. The lowest BCUT2D eigenvalue weighted by molar-refractivity contribution is 0.0957. The van der Waals surface area contributed by atoms with Gasteiger partial charge in [0, 0.05) is 25.8 Å². The molecule has 0 fully saturated rings. The van der Waals surface area contributed by atoms with E-state index < -0.39 is 0 Å². The van der Waals surface area contributed by atoms with Gasteiger partial charge < -0.3 is 16.0 Å². The van der Waals surface area contributed by atoms with Gasteiger partial charge in [-0.15, -0.1) is 10.2 Å². The number of nitrogens with one attached hydrogen (secondary N) is 1. The van der Waals surface area contributed by atoms with Gasteiger partial charge in [0.15, 0.2) is 11.5 Å². The van der Waals surface area contributed by atoms with Crippen molar-refractivity contribution in [2.45, 2.75) is 13.1 Å². The molecule has 0 unspecified atom stereocenters. The van der Waals surface area contributed by atoms with Crippen molar-refractivity contribution in [2.24, 2.45) is 0 Å². The number of carbonyl (C=O) groups is 1. The lowest BCUT2D eigenvalue weighted by Gasteiger charge is -2.15. The molecule has 20 heavy (non-hydrogen) atoms. The fraction of sp³-hybridized carbons (Fsp3) is 0.214. The highest BCUT2D eigenvalue weighted by Gasteiger charge is 2.20. The first kappa shape index (κ1) is 12.4. The predicted molar refractivity (Wildman–Crippen MR) is 76.2 cm³/mol. The van der Waals surface area contributed by atoms with Gasteiger partial charge >= 0.3 is 0 Å². The van der Waals surface area contributed by atoms with Crippen LogP contribution in [-0.2, 0) is 13.1 Å². The van der Waals surface area contributed by atoms with Crippen LogP contribution in [0.4, 0.5) is 11.5 Å². The highest BCUT2D eigenvalue weighted by atomic mass is 16.1. The van der Waals surface area contributed by atoms with E-state index in [0.717, 1.165) is 24.6 Å². The Balaban J connectivity index is 1.80. The fourth-order valence-electron chi connectivity index (χ4n) is 2.32. The number of hydrogen-bond donors (Lipinski definition) is 2. The second-order valence-electron chi connectivity index (χ2n) is 4.74. The molecule has 1 aliphatic rings. The number of amides is 1. The Morgan fingerprint density at radius 3 is 2.70 bits per heavy atom. The molecule has 0 atom stereocenters. The van der Waals surface area contributed by atoms with Crippen molar-refractivity contribution in [3.63, 3.8) is 0 Å². The van der Waals surface area contributed by atoms with E-state index in [1.165, 1.54) is 11.1 Å². The average molecular weight is 269 g/mol. The van der Waals surface area contributed by atoms with E-state index in [9.17, 15) is 4.79 Å². The second-order valence-corrected chi connectivity index (χ2v) is 4.74. The first-order valence-electron chi connectivity index (χ1n) is 6.35. The van der Waals surface area contributed by atoms with Crippen molar-refractivity contribution >= 4 is 17.4 Å². The van der Waals surface area contributed by atoms with Gasteiger partial charge in [-0.05, 0) is 35.4 Å². The number of nitrogens with zero attached hydrogens (tertiary/aromatic N) is 3. The SMILES string of the molecule is CNC(=O)c1ccc(N2Cc3ccc(N)cc3C2)nn1. The molecule has 0 saturated carbocycles. The number of fused-ring (bicyclic) bond motifs is 1. The minimum absolute atomic E-state index is 0.235. The number of benzene rings is 1. The number of anilines is 2. The topological polar surface area (TPSA) is 84.1 Å². The third-order valence-corrected chi connectivity index (χ3v) is 3.39. The van der Waals surface area contributed by atoms with Gasteiger partial charge in [0.05, 0.1) is 0 Å². The maximum absolute atomic E-state index is 11.4. The lowest BCUT2D eigenvalue weighted by Crippen LogP contribution is -2.21. The van der Waals surface area contributed by atoms with E-state index >= 15 is 0 Å². The average Bonchev–Trinajstić information content (AvgIpc) is 2.89. The van der Waals surface area contributed by atoms with E-state index in [1.54, 1.807) is 13.1 Å². The number of aromatic nitrogens is 2. The summed E-state index contributed by atoms with van der Waals surface area (Å²) in [5, 5.41) is 10.6. The van der Waals surface area contributed by atoms with Crippen LogP contribution in [0.2, 0.25) is 0 Å². The summed E-state index contributed by atoms with van der Waals surface area (Å²) in [6, 6.07) is 9.42. The maximum Gasteiger partial charge on any atom is 0.271 e. The Bertz CT molecular complexity index is 653. The zero-order valence-corrected chi connectivity index (χ0v) is 11.1. The molecule has 3 N–H and O–H groups in total. The molecule has 2 heterocycles. The molecule has 1 amide bonds. The molecule has 6 nitrogen and oxygen atoms in total. The minimum atomic E-state index is -0.235. The zero-order chi connectivity index (χ0) is 14.1. The van der Waals surface area contributed by atoms with Crippen molar-refractivity contribution in [2.75, 3.05) is 17.7 Å². The number of hydrogen-bond acceptors (Lipinski definition) is 5. The van der Waals surface area contributed by atoms with E-state index in [-0.39, 0.29) is 5.91 Å². The summed E-state index contributed by atoms with van der Waals surface area (Å²) in [4.78, 5) is 13.5. The van der Waals surface area contributed by atoms with Gasteiger partial charge in [-0.25, -0.2) is 0 Å². The van der Waals surface area contributed by atoms with E-state index in [4.69, 9.17) is 5.73 Å². The highest BCUT2D eigenvalue weighted by molar-refractivity contribution is 5.91. The Kier molecular flexibility index (Phi) is 2.98. The summed E-state index contributed by atoms with van der Waals surface area (Å²) >= 11 is 0. The van der Waals surface area contributed by atoms with Crippen LogP contribution < -0.4 is 16.0 Å². The van der Waals surface area contributed by atoms with Crippen LogP contribution >= 0.6 is 0 Å². The Morgan fingerprint density at radius 2 is 2.00 bits per heavy atom. The maximum atomic E-state index is 11.4. The lowest BCUT2D eigenvalue weighted by atomic mass is 10.1. The number of nitrogens with two attached hydrogens (primary N) is 1. The summed E-state index contributed by atoms with van der Waals surface area (Å²) in [6.45, 7) is 1.54. The molecule has 1 aromatic heterocycles. The number of carbonyl (C=O) groups excluding carboxylic acids is 1. The van der Waals surface area contributed by atoms with Gasteiger partial charge in [-0.2, -0.15) is 0 Å². The third-order valence-electron chi connectivity index (χ3n) is 3.39. The molecule has 0 saturated heterocycles. The molecule has 0 bridgehead atoms. The van der Waals surface area contributed by atoms with Crippen LogP contribution in [0.15, 0.2) is 30.3 Å². The van der Waals surface area contributed by atoms with E-state index in [2.05, 4.69) is 20.4 Å². The van der Waals surface area contributed by atoms with Gasteiger partial charge in [0.2, 0.25) is 0 Å².